The van der Waals surface area contributed by atoms with Crippen LogP contribution in [0.3, 0.4) is 0 Å². The molecule has 0 amide bonds. The molecule has 0 heterocycles. The summed E-state index contributed by atoms with van der Waals surface area (Å²) in [7, 11) is 2.78. The van der Waals surface area contributed by atoms with E-state index in [2.05, 4.69) is 0 Å². The fraction of sp³-hybridized carbons (Fsp3) is 0.818. The molecule has 0 aliphatic heterocycles. The van der Waals surface area contributed by atoms with Crippen molar-refractivity contribution in [3.63, 3.8) is 0 Å². The van der Waals surface area contributed by atoms with Crippen LogP contribution in [0.1, 0.15) is 32.1 Å². The molecule has 0 spiro atoms. The van der Waals surface area contributed by atoms with Gasteiger partial charge in [-0.1, -0.05) is 12.8 Å². The highest BCUT2D eigenvalue weighted by molar-refractivity contribution is 5.76. The minimum atomic E-state index is -0.203. The lowest BCUT2D eigenvalue weighted by Crippen LogP contribution is -2.23. The molecule has 4 nitrogen and oxygen atoms in total. The van der Waals surface area contributed by atoms with Gasteiger partial charge in [0, 0.05) is 0 Å². The minimum Gasteiger partial charge on any atom is -0.469 e. The van der Waals surface area contributed by atoms with Crippen molar-refractivity contribution in [3.05, 3.63) is 0 Å². The van der Waals surface area contributed by atoms with E-state index in [1.807, 2.05) is 0 Å². The summed E-state index contributed by atoms with van der Waals surface area (Å²) in [6, 6.07) is 0. The summed E-state index contributed by atoms with van der Waals surface area (Å²) in [5.74, 6) is -0.681. The van der Waals surface area contributed by atoms with Crippen molar-refractivity contribution in [2.45, 2.75) is 32.1 Å². The van der Waals surface area contributed by atoms with Gasteiger partial charge in [-0.05, 0) is 19.3 Å². The predicted octanol–water partition coefficient (Wildman–Crippen LogP) is 1.53. The fourth-order valence-corrected chi connectivity index (χ4v) is 2.12. The van der Waals surface area contributed by atoms with Crippen LogP contribution in [0, 0.1) is 11.8 Å². The number of carbonyl (C=O) groups is 2. The number of hydrogen-bond acceptors (Lipinski definition) is 4. The average molecular weight is 214 g/mol. The Hall–Kier alpha value is -1.06. The van der Waals surface area contributed by atoms with Gasteiger partial charge in [-0.25, -0.2) is 0 Å². The molecule has 0 aromatic heterocycles. The fourth-order valence-electron chi connectivity index (χ4n) is 2.12. The summed E-state index contributed by atoms with van der Waals surface area (Å²) in [5, 5.41) is 0. The van der Waals surface area contributed by atoms with Crippen molar-refractivity contribution in [2.24, 2.45) is 11.8 Å². The van der Waals surface area contributed by atoms with Gasteiger partial charge in [-0.2, -0.15) is 0 Å². The molecule has 0 aromatic rings. The largest absolute Gasteiger partial charge is 0.469 e. The molecule has 0 saturated heterocycles. The molecule has 1 aliphatic rings. The van der Waals surface area contributed by atoms with Crippen molar-refractivity contribution in [1.29, 1.82) is 0 Å². The van der Waals surface area contributed by atoms with E-state index in [4.69, 9.17) is 9.47 Å². The van der Waals surface area contributed by atoms with Crippen molar-refractivity contribution in [2.75, 3.05) is 14.2 Å². The van der Waals surface area contributed by atoms with Gasteiger partial charge in [0.15, 0.2) is 0 Å². The normalized spacial score (nSPS) is 26.5. The maximum absolute atomic E-state index is 11.4. The van der Waals surface area contributed by atoms with E-state index >= 15 is 0 Å². The van der Waals surface area contributed by atoms with Crippen molar-refractivity contribution >= 4 is 11.9 Å². The van der Waals surface area contributed by atoms with Crippen LogP contribution >= 0.6 is 0 Å². The molecule has 0 bridgehead atoms. The zero-order valence-electron chi connectivity index (χ0n) is 9.32. The quantitative estimate of drug-likeness (QED) is 0.516. The van der Waals surface area contributed by atoms with Gasteiger partial charge >= 0.3 is 11.9 Å². The highest BCUT2D eigenvalue weighted by Crippen LogP contribution is 2.29. The lowest BCUT2D eigenvalue weighted by molar-refractivity contribution is -0.149. The van der Waals surface area contributed by atoms with E-state index in [0.29, 0.717) is 6.42 Å². The van der Waals surface area contributed by atoms with Crippen molar-refractivity contribution in [3.8, 4) is 0 Å². The molecule has 0 N–H and O–H groups in total. The maximum Gasteiger partial charge on any atom is 0.308 e. The van der Waals surface area contributed by atoms with Crippen LogP contribution in [0.25, 0.3) is 0 Å². The van der Waals surface area contributed by atoms with Crippen LogP contribution in [-0.4, -0.2) is 26.2 Å². The first kappa shape index (κ1) is 12.0. The van der Waals surface area contributed by atoms with Crippen LogP contribution in [0.15, 0.2) is 0 Å². The molecule has 4 heteroatoms. The molecule has 0 aromatic carbocycles. The lowest BCUT2D eigenvalue weighted by Gasteiger charge is -2.15. The van der Waals surface area contributed by atoms with E-state index in [-0.39, 0.29) is 23.8 Å². The third-order valence-corrected chi connectivity index (χ3v) is 2.99. The van der Waals surface area contributed by atoms with E-state index < -0.39 is 0 Å². The Kier molecular flexibility index (Phi) is 4.59. The zero-order chi connectivity index (χ0) is 11.3. The molecule has 15 heavy (non-hydrogen) atoms. The van der Waals surface area contributed by atoms with Gasteiger partial charge in [0.25, 0.3) is 0 Å². The minimum absolute atomic E-state index is 0.137. The number of esters is 2. The molecule has 1 aliphatic carbocycles. The lowest BCUT2D eigenvalue weighted by atomic mass is 9.93. The second kappa shape index (κ2) is 5.73. The SMILES string of the molecule is COC(=O)[C@@H]1CCCC[C@H](C(=O)OC)C1. The Morgan fingerprint density at radius 2 is 1.33 bits per heavy atom. The van der Waals surface area contributed by atoms with Gasteiger partial charge in [-0.15, -0.1) is 0 Å². The standard InChI is InChI=1S/C11H18O4/c1-14-10(12)8-5-3-4-6-9(7-8)11(13)15-2/h8-9H,3-7H2,1-2H3/t8-,9+. The molecule has 0 radical (unpaired) electrons. The second-order valence-electron chi connectivity index (χ2n) is 3.96. The van der Waals surface area contributed by atoms with Crippen molar-refractivity contribution in [1.82, 2.24) is 0 Å². The zero-order valence-corrected chi connectivity index (χ0v) is 9.32. The number of carbonyl (C=O) groups excluding carboxylic acids is 2. The number of rotatable bonds is 2. The molecule has 1 rings (SSSR count). The van der Waals surface area contributed by atoms with E-state index in [0.717, 1.165) is 25.7 Å². The Bertz CT molecular complexity index is 213. The van der Waals surface area contributed by atoms with Gasteiger partial charge < -0.3 is 9.47 Å². The van der Waals surface area contributed by atoms with Gasteiger partial charge in [0.2, 0.25) is 0 Å². The molecule has 0 unspecified atom stereocenters. The summed E-state index contributed by atoms with van der Waals surface area (Å²) in [5.41, 5.74) is 0. The van der Waals surface area contributed by atoms with Crippen LogP contribution in [0.2, 0.25) is 0 Å². The number of ether oxygens (including phenoxy) is 2. The highest BCUT2D eigenvalue weighted by atomic mass is 16.5. The topological polar surface area (TPSA) is 52.6 Å². The predicted molar refractivity (Wildman–Crippen MR) is 54.1 cm³/mol. The number of hydrogen-bond donors (Lipinski definition) is 0. The monoisotopic (exact) mass is 214 g/mol. The van der Waals surface area contributed by atoms with Crippen molar-refractivity contribution < 1.29 is 19.1 Å². The summed E-state index contributed by atoms with van der Waals surface area (Å²) in [6.45, 7) is 0. The number of methoxy groups -OCH3 is 2. The molecule has 2 atom stereocenters. The van der Waals surface area contributed by atoms with Crippen LogP contribution in [-0.2, 0) is 19.1 Å². The third-order valence-electron chi connectivity index (χ3n) is 2.99. The molecule has 1 saturated carbocycles. The summed E-state index contributed by atoms with van der Waals surface area (Å²) >= 11 is 0. The van der Waals surface area contributed by atoms with Gasteiger partial charge in [0.1, 0.15) is 0 Å². The van der Waals surface area contributed by atoms with Crippen LogP contribution in [0.4, 0.5) is 0 Å². The van der Waals surface area contributed by atoms with E-state index in [1.54, 1.807) is 0 Å². The Morgan fingerprint density at radius 1 is 0.933 bits per heavy atom. The third kappa shape index (κ3) is 3.22. The van der Waals surface area contributed by atoms with Gasteiger partial charge in [0.05, 0.1) is 26.1 Å². The Morgan fingerprint density at radius 3 is 1.67 bits per heavy atom. The maximum atomic E-state index is 11.4. The first-order valence-electron chi connectivity index (χ1n) is 5.34. The van der Waals surface area contributed by atoms with E-state index in [1.165, 1.54) is 14.2 Å². The smallest absolute Gasteiger partial charge is 0.308 e. The first-order chi connectivity index (χ1) is 7.19. The summed E-state index contributed by atoms with van der Waals surface area (Å²) in [6.07, 6.45) is 4.17. The van der Waals surface area contributed by atoms with Crippen LogP contribution in [0.5, 0.6) is 0 Å². The van der Waals surface area contributed by atoms with Gasteiger partial charge in [-0.3, -0.25) is 9.59 Å². The Balaban J connectivity index is 2.60. The average Bonchev–Trinajstić information content (AvgIpc) is 2.52. The molecule has 1 fully saturated rings. The summed E-state index contributed by atoms with van der Waals surface area (Å²) in [4.78, 5) is 22.8. The molecule has 86 valence electrons. The second-order valence-corrected chi connectivity index (χ2v) is 3.96. The van der Waals surface area contributed by atoms with Crippen LogP contribution < -0.4 is 0 Å². The molecular formula is C11H18O4. The van der Waals surface area contributed by atoms with E-state index in [9.17, 15) is 9.59 Å². The molecular weight excluding hydrogens is 196 g/mol. The first-order valence-corrected chi connectivity index (χ1v) is 5.34. The highest BCUT2D eigenvalue weighted by Gasteiger charge is 2.30. The Labute approximate surface area is 89.9 Å². The summed E-state index contributed by atoms with van der Waals surface area (Å²) < 4.78 is 9.43.